The first-order valence-corrected chi connectivity index (χ1v) is 34.2. The highest BCUT2D eigenvalue weighted by Crippen LogP contribution is 2.74. The molecule has 12 aromatic carbocycles. The van der Waals surface area contributed by atoms with Gasteiger partial charge in [-0.05, 0) is 278 Å². The maximum absolute atomic E-state index is 3.47. The molecule has 4 bridgehead atoms. The second-order valence-electron chi connectivity index (χ2n) is 27.1. The Hall–Kier alpha value is -12.9. The van der Waals surface area contributed by atoms with Crippen molar-refractivity contribution in [3.63, 3.8) is 0 Å². The molecule has 0 heteroatoms. The van der Waals surface area contributed by atoms with Gasteiger partial charge in [0.2, 0.25) is 0 Å². The van der Waals surface area contributed by atoms with Crippen molar-refractivity contribution in [2.75, 3.05) is 0 Å². The van der Waals surface area contributed by atoms with Gasteiger partial charge in [0.25, 0.3) is 0 Å². The molecule has 0 heterocycles. The summed E-state index contributed by atoms with van der Waals surface area (Å²) in [5.74, 6) is 53.0. The van der Waals surface area contributed by atoms with E-state index < -0.39 is 0 Å². The van der Waals surface area contributed by atoms with E-state index in [1.807, 2.05) is 158 Å². The van der Waals surface area contributed by atoms with E-state index in [1.54, 1.807) is 0 Å². The summed E-state index contributed by atoms with van der Waals surface area (Å²) in [5, 5.41) is 0. The first-order chi connectivity index (χ1) is 49.0. The summed E-state index contributed by atoms with van der Waals surface area (Å²) in [6.45, 7) is 4.66. The molecule has 16 rings (SSSR count). The molecule has 0 spiro atoms. The van der Waals surface area contributed by atoms with E-state index in [4.69, 9.17) is 0 Å². The Morgan fingerprint density at radius 1 is 0.170 bits per heavy atom. The summed E-state index contributed by atoms with van der Waals surface area (Å²) in [7, 11) is 0. The Bertz CT molecular complexity index is 5000. The van der Waals surface area contributed by atoms with Gasteiger partial charge in [-0.3, -0.25) is 0 Å². The third-order valence-corrected chi connectivity index (χ3v) is 19.3. The van der Waals surface area contributed by atoms with Gasteiger partial charge in [-0.2, -0.15) is 0 Å². The molecule has 0 radical (unpaired) electrons. The Morgan fingerprint density at radius 2 is 0.310 bits per heavy atom. The molecule has 4 fully saturated rings. The van der Waals surface area contributed by atoms with Crippen molar-refractivity contribution in [3.05, 3.63) is 427 Å². The van der Waals surface area contributed by atoms with Crippen molar-refractivity contribution >= 4 is 0 Å². The van der Waals surface area contributed by atoms with Crippen molar-refractivity contribution in [3.8, 4) is 94.7 Å². The lowest BCUT2D eigenvalue weighted by molar-refractivity contribution is -0.0988. The molecule has 0 atom stereocenters. The standard InChI is InChI=1S/C77H54.C23H16/c1-74-53-75(71-47-41-68(42-48-71)38-35-65-29-23-62(24-30-65)20-17-59-11-5-2-6-12-59)56-76(54-74,72-49-43-69(44-50-72)39-36-66-31-25-63(26-32-66)21-18-60-13-7-3-8-14-60)58-77(55-74,57-75)73-51-45-70(46-52-73)40-37-67-33-27-64(28-34-67)22-19-61-15-9-4-10-16-61;1-19-7-9-21(10-8-19)13-14-23-17-15-22(16-18-23)12-11-20-5-3-2-4-6-20/h2-16,23-34,41-52H,53-58H2,1H3;2-10,15-18H,1H3. The second-order valence-corrected chi connectivity index (χ2v) is 27.1. The minimum atomic E-state index is -0.00169. The highest BCUT2D eigenvalue weighted by atomic mass is 14.7. The van der Waals surface area contributed by atoms with Crippen LogP contribution >= 0.6 is 0 Å². The number of aryl methyl sites for hydroxylation is 1. The predicted molar refractivity (Wildman–Crippen MR) is 411 cm³/mol. The van der Waals surface area contributed by atoms with Crippen LogP contribution in [0, 0.1) is 107 Å². The van der Waals surface area contributed by atoms with Gasteiger partial charge in [-0.25, -0.2) is 0 Å². The Labute approximate surface area is 591 Å². The maximum atomic E-state index is 3.47. The van der Waals surface area contributed by atoms with E-state index in [0.717, 1.165) is 108 Å². The normalized spacial score (nSPS) is 17.6. The van der Waals surface area contributed by atoms with Gasteiger partial charge in [0.05, 0.1) is 0 Å². The van der Waals surface area contributed by atoms with Crippen LogP contribution in [0.15, 0.2) is 315 Å². The van der Waals surface area contributed by atoms with Crippen molar-refractivity contribution in [1.82, 2.24) is 0 Å². The van der Waals surface area contributed by atoms with Crippen LogP contribution in [0.4, 0.5) is 0 Å². The lowest BCUT2D eigenvalue weighted by atomic mass is 9.33. The molecular formula is C100H70. The molecule has 0 amide bonds. The topological polar surface area (TPSA) is 0 Å². The average Bonchev–Trinajstić information content (AvgIpc) is 0.674. The van der Waals surface area contributed by atoms with Gasteiger partial charge >= 0.3 is 0 Å². The van der Waals surface area contributed by atoms with E-state index >= 15 is 0 Å². The van der Waals surface area contributed by atoms with Gasteiger partial charge < -0.3 is 0 Å². The number of rotatable bonds is 3. The van der Waals surface area contributed by atoms with Gasteiger partial charge in [0.1, 0.15) is 0 Å². The molecule has 470 valence electrons. The van der Waals surface area contributed by atoms with Gasteiger partial charge in [0.15, 0.2) is 0 Å². The molecule has 4 aliphatic carbocycles. The van der Waals surface area contributed by atoms with Crippen LogP contribution in [0.2, 0.25) is 0 Å². The summed E-state index contributed by atoms with van der Waals surface area (Å²) in [4.78, 5) is 0. The Balaban J connectivity index is 0.000000313. The molecule has 100 heavy (non-hydrogen) atoms. The maximum Gasteiger partial charge on any atom is 0.0249 e. The van der Waals surface area contributed by atoms with E-state index in [1.165, 1.54) is 41.5 Å². The zero-order chi connectivity index (χ0) is 67.9. The van der Waals surface area contributed by atoms with Crippen molar-refractivity contribution in [2.24, 2.45) is 5.41 Å². The Morgan fingerprint density at radius 3 is 0.480 bits per heavy atom. The highest BCUT2D eigenvalue weighted by Gasteiger charge is 2.67. The first-order valence-electron chi connectivity index (χ1n) is 34.2. The minimum absolute atomic E-state index is 0.00169. The van der Waals surface area contributed by atoms with Crippen molar-refractivity contribution in [1.29, 1.82) is 0 Å². The lowest BCUT2D eigenvalue weighted by Crippen LogP contribution is -2.65. The highest BCUT2D eigenvalue weighted by molar-refractivity contribution is 5.56. The molecule has 4 saturated carbocycles. The third-order valence-electron chi connectivity index (χ3n) is 19.3. The molecule has 0 nitrogen and oxygen atoms in total. The summed E-state index contributed by atoms with van der Waals surface area (Å²) >= 11 is 0. The summed E-state index contributed by atoms with van der Waals surface area (Å²) < 4.78 is 0. The molecule has 0 N–H and O–H groups in total. The third kappa shape index (κ3) is 16.2. The lowest BCUT2D eigenvalue weighted by Gasteiger charge is -2.71. The molecular weight excluding hydrogens is 1200 g/mol. The van der Waals surface area contributed by atoms with Crippen LogP contribution in [0.1, 0.15) is 157 Å². The second kappa shape index (κ2) is 29.6. The van der Waals surface area contributed by atoms with Crippen molar-refractivity contribution in [2.45, 2.75) is 68.6 Å². The number of hydrogen-bond acceptors (Lipinski definition) is 0. The van der Waals surface area contributed by atoms with Crippen LogP contribution < -0.4 is 0 Å². The van der Waals surface area contributed by atoms with Gasteiger partial charge in [-0.15, -0.1) is 0 Å². The minimum Gasteiger partial charge on any atom is -0.0622 e. The zero-order valence-electron chi connectivity index (χ0n) is 56.3. The van der Waals surface area contributed by atoms with E-state index in [9.17, 15) is 0 Å². The quantitative estimate of drug-likeness (QED) is 0.155. The molecule has 0 aliphatic heterocycles. The fourth-order valence-corrected chi connectivity index (χ4v) is 15.2. The van der Waals surface area contributed by atoms with Crippen LogP contribution in [-0.4, -0.2) is 0 Å². The van der Waals surface area contributed by atoms with Gasteiger partial charge in [-0.1, -0.05) is 229 Å². The van der Waals surface area contributed by atoms with Gasteiger partial charge in [0, 0.05) is 89.0 Å². The fraction of sp³-hybridized carbons (Fsp3) is 0.120. The average molecular weight is 1270 g/mol. The Kier molecular flexibility index (Phi) is 19.1. The van der Waals surface area contributed by atoms with Crippen LogP contribution in [0.3, 0.4) is 0 Å². The smallest absolute Gasteiger partial charge is 0.0249 e. The van der Waals surface area contributed by atoms with E-state index in [2.05, 4.69) is 266 Å². The van der Waals surface area contributed by atoms with Crippen LogP contribution in [0.5, 0.6) is 0 Å². The van der Waals surface area contributed by atoms with E-state index in [0.29, 0.717) is 0 Å². The largest absolute Gasteiger partial charge is 0.0622 e. The van der Waals surface area contributed by atoms with Crippen molar-refractivity contribution < 1.29 is 0 Å². The first kappa shape index (κ1) is 64.5. The zero-order valence-corrected chi connectivity index (χ0v) is 56.3. The molecule has 0 saturated heterocycles. The van der Waals surface area contributed by atoms with E-state index in [-0.39, 0.29) is 21.7 Å². The fourth-order valence-electron chi connectivity index (χ4n) is 15.2. The number of hydrogen-bond donors (Lipinski definition) is 0. The molecule has 12 aromatic rings. The SMILES string of the molecule is CC12CC3(c4ccc(C#Cc5ccc(C#Cc6ccccc6)cc5)cc4)CC(c4ccc(C#Cc5ccc(C#Cc6ccccc6)cc5)cc4)(C1)CC(c1ccc(C#Cc4ccc(C#Cc5ccccc5)cc4)cc1)(C2)C3.Cc1ccc(C#Cc2ccc(C#Cc3ccccc3)cc2)cc1. The predicted octanol–water partition coefficient (Wildman–Crippen LogP) is 20.4. The summed E-state index contributed by atoms with van der Waals surface area (Å²) in [6.07, 6.45) is 6.88. The molecule has 0 unspecified atom stereocenters. The monoisotopic (exact) mass is 1270 g/mol. The van der Waals surface area contributed by atoms with Crippen LogP contribution in [-0.2, 0) is 16.2 Å². The molecule has 4 aliphatic rings. The summed E-state index contributed by atoms with van der Waals surface area (Å²) in [6, 6.07) is 109. The summed E-state index contributed by atoms with van der Waals surface area (Å²) in [5.41, 5.74) is 21.7. The van der Waals surface area contributed by atoms with Crippen LogP contribution in [0.25, 0.3) is 0 Å². The number of benzene rings is 12. The molecule has 0 aromatic heterocycles.